The molecule has 0 aromatic carbocycles. The minimum Gasteiger partial charge on any atom is -0.353 e. The van der Waals surface area contributed by atoms with E-state index < -0.39 is 0 Å². The molecule has 0 aliphatic heterocycles. The average molecular weight is 319 g/mol. The Morgan fingerprint density at radius 1 is 1.26 bits per heavy atom. The molecule has 0 atom stereocenters. The van der Waals surface area contributed by atoms with Gasteiger partial charge in [-0.15, -0.1) is 0 Å². The number of aryl methyl sites for hydroxylation is 1. The van der Waals surface area contributed by atoms with Crippen molar-refractivity contribution in [1.82, 2.24) is 15.1 Å². The van der Waals surface area contributed by atoms with Gasteiger partial charge >= 0.3 is 0 Å². The van der Waals surface area contributed by atoms with Gasteiger partial charge in [-0.25, -0.2) is 0 Å². The predicted octanol–water partition coefficient (Wildman–Crippen LogP) is 3.78. The van der Waals surface area contributed by atoms with Crippen molar-refractivity contribution in [1.29, 1.82) is 0 Å². The topological polar surface area (TPSA) is 46.9 Å². The summed E-state index contributed by atoms with van der Waals surface area (Å²) in [5.41, 5.74) is 3.54. The summed E-state index contributed by atoms with van der Waals surface area (Å²) in [6.45, 7) is 11.8. The molecule has 1 fully saturated rings. The molecule has 1 N–H and O–H groups in total. The van der Waals surface area contributed by atoms with Crippen molar-refractivity contribution < 1.29 is 4.79 Å². The van der Waals surface area contributed by atoms with Crippen LogP contribution in [0.25, 0.3) is 0 Å². The van der Waals surface area contributed by atoms with E-state index in [2.05, 4.69) is 49.7 Å². The molecule has 1 amide bonds. The SMILES string of the molecule is Cc1nn(CC(C)C)c(C)c1CCC(=O)NC1CCC(C)CC1. The lowest BCUT2D eigenvalue weighted by molar-refractivity contribution is -0.122. The molecule has 0 saturated heterocycles. The van der Waals surface area contributed by atoms with Crippen LogP contribution < -0.4 is 5.32 Å². The van der Waals surface area contributed by atoms with Gasteiger partial charge in [-0.1, -0.05) is 20.8 Å². The summed E-state index contributed by atoms with van der Waals surface area (Å²) in [6.07, 6.45) is 6.12. The first-order valence-electron chi connectivity index (χ1n) is 9.19. The van der Waals surface area contributed by atoms with Gasteiger partial charge in [0.25, 0.3) is 0 Å². The van der Waals surface area contributed by atoms with Crippen LogP contribution in [0.15, 0.2) is 0 Å². The molecular formula is C19H33N3O. The molecule has 1 aromatic heterocycles. The number of hydrogen-bond acceptors (Lipinski definition) is 2. The van der Waals surface area contributed by atoms with E-state index in [4.69, 9.17) is 0 Å². The summed E-state index contributed by atoms with van der Waals surface area (Å²) in [4.78, 5) is 12.2. The minimum absolute atomic E-state index is 0.194. The number of nitrogens with zero attached hydrogens (tertiary/aromatic N) is 2. The van der Waals surface area contributed by atoms with E-state index in [1.807, 2.05) is 0 Å². The summed E-state index contributed by atoms with van der Waals surface area (Å²) in [5, 5.41) is 7.86. The van der Waals surface area contributed by atoms with Gasteiger partial charge in [-0.3, -0.25) is 9.48 Å². The predicted molar refractivity (Wildman–Crippen MR) is 94.4 cm³/mol. The number of hydrogen-bond donors (Lipinski definition) is 1. The van der Waals surface area contributed by atoms with Gasteiger partial charge in [-0.2, -0.15) is 5.10 Å². The van der Waals surface area contributed by atoms with E-state index in [9.17, 15) is 4.79 Å². The average Bonchev–Trinajstić information content (AvgIpc) is 2.73. The van der Waals surface area contributed by atoms with Crippen molar-refractivity contribution in [2.24, 2.45) is 11.8 Å². The number of carbonyl (C=O) groups excluding carboxylic acids is 1. The Labute approximate surface area is 141 Å². The standard InChI is InChI=1S/C19H33N3O/c1-13(2)12-22-16(5)18(15(4)21-22)10-11-19(23)20-17-8-6-14(3)7-9-17/h13-14,17H,6-12H2,1-5H3,(H,20,23). The van der Waals surface area contributed by atoms with Crippen molar-refractivity contribution in [2.75, 3.05) is 0 Å². The first-order valence-corrected chi connectivity index (χ1v) is 9.19. The van der Waals surface area contributed by atoms with Crippen LogP contribution in [0.4, 0.5) is 0 Å². The third-order valence-electron chi connectivity index (χ3n) is 5.05. The Balaban J connectivity index is 1.85. The molecule has 23 heavy (non-hydrogen) atoms. The van der Waals surface area contributed by atoms with Gasteiger partial charge in [0.2, 0.25) is 5.91 Å². The first-order chi connectivity index (χ1) is 10.9. The molecule has 2 rings (SSSR count). The Kier molecular flexibility index (Phi) is 6.25. The minimum atomic E-state index is 0.194. The first kappa shape index (κ1) is 18.0. The van der Waals surface area contributed by atoms with Gasteiger partial charge in [0.05, 0.1) is 5.69 Å². The highest BCUT2D eigenvalue weighted by Crippen LogP contribution is 2.23. The number of amides is 1. The van der Waals surface area contributed by atoms with Crippen LogP contribution in [-0.2, 0) is 17.8 Å². The van der Waals surface area contributed by atoms with Crippen LogP contribution in [0.3, 0.4) is 0 Å². The number of nitrogens with one attached hydrogen (secondary N) is 1. The summed E-state index contributed by atoms with van der Waals surface area (Å²) >= 11 is 0. The second-order valence-corrected chi connectivity index (χ2v) is 7.75. The maximum absolute atomic E-state index is 12.2. The molecule has 0 radical (unpaired) electrons. The van der Waals surface area contributed by atoms with Crippen LogP contribution in [0.1, 0.15) is 69.8 Å². The Bertz CT molecular complexity index is 525. The van der Waals surface area contributed by atoms with Crippen LogP contribution in [0, 0.1) is 25.7 Å². The fourth-order valence-electron chi connectivity index (χ4n) is 3.56. The monoisotopic (exact) mass is 319 g/mol. The van der Waals surface area contributed by atoms with E-state index in [0.29, 0.717) is 18.4 Å². The van der Waals surface area contributed by atoms with E-state index in [0.717, 1.165) is 37.4 Å². The lowest BCUT2D eigenvalue weighted by atomic mass is 9.87. The van der Waals surface area contributed by atoms with Crippen LogP contribution in [0.5, 0.6) is 0 Å². The number of aromatic nitrogens is 2. The molecule has 1 aliphatic carbocycles. The molecule has 1 aromatic rings. The Morgan fingerprint density at radius 3 is 2.52 bits per heavy atom. The molecular weight excluding hydrogens is 286 g/mol. The summed E-state index contributed by atoms with van der Waals surface area (Å²) < 4.78 is 2.09. The molecule has 0 unspecified atom stereocenters. The molecule has 4 heteroatoms. The largest absolute Gasteiger partial charge is 0.353 e. The maximum Gasteiger partial charge on any atom is 0.220 e. The van der Waals surface area contributed by atoms with Gasteiger partial charge in [0.1, 0.15) is 0 Å². The Hall–Kier alpha value is -1.32. The molecule has 0 spiro atoms. The highest BCUT2D eigenvalue weighted by molar-refractivity contribution is 5.76. The zero-order chi connectivity index (χ0) is 17.0. The molecule has 1 heterocycles. The third kappa shape index (κ3) is 5.08. The third-order valence-corrected chi connectivity index (χ3v) is 5.05. The van der Waals surface area contributed by atoms with E-state index in [1.165, 1.54) is 24.1 Å². The highest BCUT2D eigenvalue weighted by atomic mass is 16.1. The van der Waals surface area contributed by atoms with E-state index in [1.54, 1.807) is 0 Å². The maximum atomic E-state index is 12.2. The Morgan fingerprint density at radius 2 is 1.91 bits per heavy atom. The van der Waals surface area contributed by atoms with Gasteiger partial charge < -0.3 is 5.32 Å². The molecule has 130 valence electrons. The molecule has 0 bridgehead atoms. The van der Waals surface area contributed by atoms with Gasteiger partial charge in [-0.05, 0) is 63.4 Å². The van der Waals surface area contributed by atoms with E-state index in [-0.39, 0.29) is 5.91 Å². The molecule has 4 nitrogen and oxygen atoms in total. The number of rotatable bonds is 6. The highest BCUT2D eigenvalue weighted by Gasteiger charge is 2.20. The van der Waals surface area contributed by atoms with Gasteiger partial charge in [0.15, 0.2) is 0 Å². The fraction of sp³-hybridized carbons (Fsp3) is 0.789. The molecule has 1 saturated carbocycles. The summed E-state index contributed by atoms with van der Waals surface area (Å²) in [5.74, 6) is 1.60. The zero-order valence-electron chi connectivity index (χ0n) is 15.5. The van der Waals surface area contributed by atoms with Crippen molar-refractivity contribution in [3.8, 4) is 0 Å². The van der Waals surface area contributed by atoms with Crippen molar-refractivity contribution in [3.05, 3.63) is 17.0 Å². The van der Waals surface area contributed by atoms with Crippen LogP contribution >= 0.6 is 0 Å². The second-order valence-electron chi connectivity index (χ2n) is 7.75. The van der Waals surface area contributed by atoms with Crippen molar-refractivity contribution in [2.45, 2.75) is 85.7 Å². The smallest absolute Gasteiger partial charge is 0.220 e. The summed E-state index contributed by atoms with van der Waals surface area (Å²) in [6, 6.07) is 0.393. The zero-order valence-corrected chi connectivity index (χ0v) is 15.5. The van der Waals surface area contributed by atoms with Crippen LogP contribution in [-0.4, -0.2) is 21.7 Å². The van der Waals surface area contributed by atoms with E-state index >= 15 is 0 Å². The van der Waals surface area contributed by atoms with Crippen molar-refractivity contribution >= 4 is 5.91 Å². The van der Waals surface area contributed by atoms with Crippen molar-refractivity contribution in [3.63, 3.8) is 0 Å². The normalized spacial score (nSPS) is 21.7. The summed E-state index contributed by atoms with van der Waals surface area (Å²) in [7, 11) is 0. The number of carbonyl (C=O) groups is 1. The quantitative estimate of drug-likeness (QED) is 0.867. The van der Waals surface area contributed by atoms with Crippen LogP contribution in [0.2, 0.25) is 0 Å². The lowest BCUT2D eigenvalue weighted by Crippen LogP contribution is -2.37. The fourth-order valence-corrected chi connectivity index (χ4v) is 3.56. The lowest BCUT2D eigenvalue weighted by Gasteiger charge is -2.26. The van der Waals surface area contributed by atoms with Gasteiger partial charge in [0, 0.05) is 24.7 Å². The molecule has 1 aliphatic rings. The second kappa shape index (κ2) is 7.98.